The molecule has 0 unspecified atom stereocenters. The van der Waals surface area contributed by atoms with Crippen molar-refractivity contribution >= 4 is 27.0 Å². The number of aromatic hydroxyl groups is 1. The lowest BCUT2D eigenvalue weighted by Gasteiger charge is -2.00. The first kappa shape index (κ1) is 12.2. The number of hydrogen-bond donors (Lipinski definition) is 2. The van der Waals surface area contributed by atoms with Crippen molar-refractivity contribution in [1.29, 1.82) is 0 Å². The zero-order valence-corrected chi connectivity index (χ0v) is 11.4. The van der Waals surface area contributed by atoms with E-state index in [0.717, 1.165) is 5.56 Å². The Labute approximate surface area is 117 Å². The fraction of sp³-hybridized carbons (Fsp3) is 0.0714. The summed E-state index contributed by atoms with van der Waals surface area (Å²) in [7, 11) is 0. The van der Waals surface area contributed by atoms with Crippen LogP contribution in [-0.4, -0.2) is 15.1 Å². The van der Waals surface area contributed by atoms with Crippen molar-refractivity contribution in [3.8, 4) is 5.75 Å². The lowest BCUT2D eigenvalue weighted by molar-refractivity contribution is 0.469. The standard InChI is InChI=1S/C14H10BrFN2O/c15-9-6-11-12(7-10(9)16)18-14(17-11)5-8-3-1-2-4-13(8)19/h1-4,6-7,19H,5H2,(H,17,18). The molecule has 5 heteroatoms. The molecule has 2 aromatic carbocycles. The Kier molecular flexibility index (Phi) is 2.98. The second kappa shape index (κ2) is 4.66. The third-order valence-corrected chi connectivity index (χ3v) is 3.53. The van der Waals surface area contributed by atoms with E-state index in [9.17, 15) is 9.50 Å². The molecular formula is C14H10BrFN2O. The molecule has 0 fully saturated rings. The fourth-order valence-corrected chi connectivity index (χ4v) is 2.31. The molecule has 0 bridgehead atoms. The van der Waals surface area contributed by atoms with Gasteiger partial charge in [-0.3, -0.25) is 0 Å². The number of hydrogen-bond acceptors (Lipinski definition) is 2. The van der Waals surface area contributed by atoms with Crippen molar-refractivity contribution in [3.05, 3.63) is 58.1 Å². The lowest BCUT2D eigenvalue weighted by atomic mass is 10.1. The summed E-state index contributed by atoms with van der Waals surface area (Å²) in [5.41, 5.74) is 2.12. The third kappa shape index (κ3) is 2.33. The van der Waals surface area contributed by atoms with Gasteiger partial charge in [-0.2, -0.15) is 0 Å². The van der Waals surface area contributed by atoms with Crippen LogP contribution in [-0.2, 0) is 6.42 Å². The van der Waals surface area contributed by atoms with E-state index < -0.39 is 0 Å². The molecule has 0 aliphatic carbocycles. The number of nitrogens with zero attached hydrogens (tertiary/aromatic N) is 1. The molecule has 1 heterocycles. The number of nitrogens with one attached hydrogen (secondary N) is 1. The molecule has 3 aromatic rings. The fourth-order valence-electron chi connectivity index (χ4n) is 1.98. The van der Waals surface area contributed by atoms with Gasteiger partial charge in [0.1, 0.15) is 17.4 Å². The summed E-state index contributed by atoms with van der Waals surface area (Å²) in [6, 6.07) is 10.1. The maximum absolute atomic E-state index is 13.4. The van der Waals surface area contributed by atoms with Gasteiger partial charge in [-0.1, -0.05) is 18.2 Å². The highest BCUT2D eigenvalue weighted by Crippen LogP contribution is 2.24. The predicted molar refractivity (Wildman–Crippen MR) is 74.7 cm³/mol. The number of rotatable bonds is 2. The lowest BCUT2D eigenvalue weighted by Crippen LogP contribution is -1.90. The van der Waals surface area contributed by atoms with Crippen LogP contribution in [0.15, 0.2) is 40.9 Å². The molecular weight excluding hydrogens is 311 g/mol. The minimum Gasteiger partial charge on any atom is -0.508 e. The molecule has 96 valence electrons. The van der Waals surface area contributed by atoms with Crippen molar-refractivity contribution in [2.75, 3.05) is 0 Å². The minimum atomic E-state index is -0.328. The van der Waals surface area contributed by atoms with Crippen molar-refractivity contribution in [1.82, 2.24) is 9.97 Å². The Bertz CT molecular complexity index is 715. The van der Waals surface area contributed by atoms with Gasteiger partial charge in [0.05, 0.1) is 15.5 Å². The van der Waals surface area contributed by atoms with Gasteiger partial charge in [0.15, 0.2) is 0 Å². The molecule has 0 radical (unpaired) electrons. The Morgan fingerprint density at radius 1 is 1.26 bits per heavy atom. The molecule has 0 atom stereocenters. The van der Waals surface area contributed by atoms with E-state index in [1.807, 2.05) is 12.1 Å². The van der Waals surface area contributed by atoms with Crippen LogP contribution in [0.25, 0.3) is 11.0 Å². The second-order valence-corrected chi connectivity index (χ2v) is 5.13. The number of halogens is 2. The maximum Gasteiger partial charge on any atom is 0.139 e. The van der Waals surface area contributed by atoms with E-state index in [1.54, 1.807) is 18.2 Å². The molecule has 0 saturated heterocycles. The summed E-state index contributed by atoms with van der Waals surface area (Å²) in [5.74, 6) is 0.592. The molecule has 3 rings (SSSR count). The monoisotopic (exact) mass is 320 g/mol. The van der Waals surface area contributed by atoms with Crippen molar-refractivity contribution in [2.45, 2.75) is 6.42 Å². The minimum absolute atomic E-state index is 0.232. The topological polar surface area (TPSA) is 48.9 Å². The van der Waals surface area contributed by atoms with E-state index in [1.165, 1.54) is 6.07 Å². The first-order valence-electron chi connectivity index (χ1n) is 5.74. The van der Waals surface area contributed by atoms with Crippen LogP contribution in [0.2, 0.25) is 0 Å². The number of phenolic OH excluding ortho intramolecular Hbond substituents is 1. The molecule has 19 heavy (non-hydrogen) atoms. The van der Waals surface area contributed by atoms with E-state index in [2.05, 4.69) is 25.9 Å². The van der Waals surface area contributed by atoms with E-state index in [-0.39, 0.29) is 11.6 Å². The number of para-hydroxylation sites is 1. The van der Waals surface area contributed by atoms with Gasteiger partial charge >= 0.3 is 0 Å². The molecule has 3 nitrogen and oxygen atoms in total. The van der Waals surface area contributed by atoms with Crippen LogP contribution in [0, 0.1) is 5.82 Å². The summed E-state index contributed by atoms with van der Waals surface area (Å²) in [4.78, 5) is 7.44. The smallest absolute Gasteiger partial charge is 0.139 e. The number of H-pyrrole nitrogens is 1. The molecule has 0 aliphatic heterocycles. The zero-order valence-electron chi connectivity index (χ0n) is 9.82. The van der Waals surface area contributed by atoms with Crippen LogP contribution < -0.4 is 0 Å². The van der Waals surface area contributed by atoms with Gasteiger partial charge in [-0.25, -0.2) is 9.37 Å². The highest BCUT2D eigenvalue weighted by molar-refractivity contribution is 9.10. The quantitative estimate of drug-likeness (QED) is 0.755. The second-order valence-electron chi connectivity index (χ2n) is 4.27. The van der Waals surface area contributed by atoms with Crippen LogP contribution in [0.5, 0.6) is 5.75 Å². The first-order valence-corrected chi connectivity index (χ1v) is 6.53. The Hall–Kier alpha value is -1.88. The Balaban J connectivity index is 2.00. The van der Waals surface area contributed by atoms with Crippen molar-refractivity contribution < 1.29 is 9.50 Å². The number of aromatic nitrogens is 2. The average molecular weight is 321 g/mol. The molecule has 2 N–H and O–H groups in total. The summed E-state index contributed by atoms with van der Waals surface area (Å²) >= 11 is 3.14. The van der Waals surface area contributed by atoms with Crippen molar-refractivity contribution in [2.24, 2.45) is 0 Å². The highest BCUT2D eigenvalue weighted by atomic mass is 79.9. The van der Waals surface area contributed by atoms with Gasteiger partial charge in [0.25, 0.3) is 0 Å². The number of imidazole rings is 1. The molecule has 1 aromatic heterocycles. The van der Waals surface area contributed by atoms with Gasteiger partial charge < -0.3 is 10.1 Å². The van der Waals surface area contributed by atoms with Gasteiger partial charge in [-0.05, 0) is 28.1 Å². The Morgan fingerprint density at radius 2 is 2.05 bits per heavy atom. The van der Waals surface area contributed by atoms with Gasteiger partial charge in [0.2, 0.25) is 0 Å². The number of aromatic amines is 1. The van der Waals surface area contributed by atoms with Gasteiger partial charge in [0, 0.05) is 18.1 Å². The summed E-state index contributed by atoms with van der Waals surface area (Å²) in [6.45, 7) is 0. The Morgan fingerprint density at radius 3 is 2.84 bits per heavy atom. The van der Waals surface area contributed by atoms with Crippen LogP contribution in [0.1, 0.15) is 11.4 Å². The zero-order chi connectivity index (χ0) is 13.4. The SMILES string of the molecule is Oc1ccccc1Cc1nc2cc(Br)c(F)cc2[nH]1. The van der Waals surface area contributed by atoms with Crippen LogP contribution >= 0.6 is 15.9 Å². The maximum atomic E-state index is 13.4. The molecule has 0 spiro atoms. The molecule has 0 aliphatic rings. The summed E-state index contributed by atoms with van der Waals surface area (Å²) in [6.07, 6.45) is 0.473. The first-order chi connectivity index (χ1) is 9.13. The van der Waals surface area contributed by atoms with Gasteiger partial charge in [-0.15, -0.1) is 0 Å². The average Bonchev–Trinajstić information content (AvgIpc) is 2.74. The normalized spacial score (nSPS) is 11.1. The van der Waals surface area contributed by atoms with E-state index in [0.29, 0.717) is 27.8 Å². The number of phenols is 1. The van der Waals surface area contributed by atoms with E-state index in [4.69, 9.17) is 0 Å². The molecule has 0 amide bonds. The summed E-state index contributed by atoms with van der Waals surface area (Å²) in [5, 5.41) is 9.73. The summed E-state index contributed by atoms with van der Waals surface area (Å²) < 4.78 is 13.8. The van der Waals surface area contributed by atoms with Crippen LogP contribution in [0.4, 0.5) is 4.39 Å². The predicted octanol–water partition coefficient (Wildman–Crippen LogP) is 3.76. The number of fused-ring (bicyclic) bond motifs is 1. The largest absolute Gasteiger partial charge is 0.508 e. The number of benzene rings is 2. The highest BCUT2D eigenvalue weighted by Gasteiger charge is 2.09. The molecule has 0 saturated carbocycles. The van der Waals surface area contributed by atoms with E-state index >= 15 is 0 Å². The van der Waals surface area contributed by atoms with Crippen molar-refractivity contribution in [3.63, 3.8) is 0 Å². The van der Waals surface area contributed by atoms with Crippen LogP contribution in [0.3, 0.4) is 0 Å². The third-order valence-electron chi connectivity index (χ3n) is 2.92.